The van der Waals surface area contributed by atoms with Crippen molar-refractivity contribution in [3.05, 3.63) is 44.6 Å². The van der Waals surface area contributed by atoms with Crippen molar-refractivity contribution in [2.75, 3.05) is 5.73 Å². The Morgan fingerprint density at radius 3 is 2.78 bits per heavy atom. The van der Waals surface area contributed by atoms with Crippen LogP contribution in [0, 0.1) is 0 Å². The first-order valence-electron chi connectivity index (χ1n) is 5.34. The quantitative estimate of drug-likeness (QED) is 0.685. The standard InChI is InChI=1S/C13H12BrNO2S/c1-8(16)11-6-9(15)2-4-12(11)17-7-10-3-5-13(14)18-10/h2-6H,7,15H2,1H3. The fourth-order valence-electron chi connectivity index (χ4n) is 1.53. The Morgan fingerprint density at radius 1 is 1.39 bits per heavy atom. The van der Waals surface area contributed by atoms with Crippen molar-refractivity contribution in [1.82, 2.24) is 0 Å². The number of rotatable bonds is 4. The number of benzene rings is 1. The Hall–Kier alpha value is -1.33. The highest BCUT2D eigenvalue weighted by atomic mass is 79.9. The molecule has 0 unspecified atom stereocenters. The Kier molecular flexibility index (Phi) is 4.04. The van der Waals surface area contributed by atoms with Crippen LogP contribution in [-0.2, 0) is 6.61 Å². The minimum absolute atomic E-state index is 0.0512. The number of carbonyl (C=O) groups is 1. The first-order valence-corrected chi connectivity index (χ1v) is 6.94. The molecule has 2 rings (SSSR count). The summed E-state index contributed by atoms with van der Waals surface area (Å²) in [4.78, 5) is 12.6. The molecule has 0 saturated carbocycles. The summed E-state index contributed by atoms with van der Waals surface area (Å²) in [6, 6.07) is 9.06. The molecule has 0 fully saturated rings. The van der Waals surface area contributed by atoms with Crippen LogP contribution < -0.4 is 10.5 Å². The van der Waals surface area contributed by atoms with Crippen molar-refractivity contribution in [1.29, 1.82) is 0 Å². The van der Waals surface area contributed by atoms with Crippen LogP contribution in [0.1, 0.15) is 22.2 Å². The van der Waals surface area contributed by atoms with Gasteiger partial charge in [0, 0.05) is 10.6 Å². The average Bonchev–Trinajstić information content (AvgIpc) is 2.73. The van der Waals surface area contributed by atoms with Crippen molar-refractivity contribution in [3.63, 3.8) is 0 Å². The molecule has 3 nitrogen and oxygen atoms in total. The van der Waals surface area contributed by atoms with Crippen LogP contribution in [0.2, 0.25) is 0 Å². The third-order valence-corrected chi connectivity index (χ3v) is 3.98. The van der Waals surface area contributed by atoms with Gasteiger partial charge in [-0.2, -0.15) is 0 Å². The van der Waals surface area contributed by atoms with E-state index in [1.807, 2.05) is 12.1 Å². The average molecular weight is 326 g/mol. The minimum Gasteiger partial charge on any atom is -0.487 e. The van der Waals surface area contributed by atoms with E-state index in [0.29, 0.717) is 23.6 Å². The zero-order chi connectivity index (χ0) is 13.1. The summed E-state index contributed by atoms with van der Waals surface area (Å²) in [6.07, 6.45) is 0. The number of ketones is 1. The second-order valence-corrected chi connectivity index (χ2v) is 6.35. The van der Waals surface area contributed by atoms with Crippen molar-refractivity contribution in [2.45, 2.75) is 13.5 Å². The normalized spacial score (nSPS) is 10.3. The smallest absolute Gasteiger partial charge is 0.163 e. The van der Waals surface area contributed by atoms with Gasteiger partial charge >= 0.3 is 0 Å². The molecule has 5 heteroatoms. The third kappa shape index (κ3) is 3.11. The molecule has 0 aliphatic carbocycles. The maximum atomic E-state index is 11.5. The van der Waals surface area contributed by atoms with Gasteiger partial charge in [-0.25, -0.2) is 0 Å². The number of hydrogen-bond acceptors (Lipinski definition) is 4. The number of hydrogen-bond donors (Lipinski definition) is 1. The topological polar surface area (TPSA) is 52.3 Å². The van der Waals surface area contributed by atoms with Gasteiger partial charge in [0.1, 0.15) is 12.4 Å². The molecule has 0 amide bonds. The summed E-state index contributed by atoms with van der Waals surface area (Å²) in [7, 11) is 0. The molecule has 1 aromatic heterocycles. The van der Waals surface area contributed by atoms with Crippen molar-refractivity contribution in [2.24, 2.45) is 0 Å². The van der Waals surface area contributed by atoms with Gasteiger partial charge in [-0.3, -0.25) is 4.79 Å². The van der Waals surface area contributed by atoms with Gasteiger partial charge in [-0.1, -0.05) is 0 Å². The van der Waals surface area contributed by atoms with Gasteiger partial charge in [-0.05, 0) is 53.2 Å². The van der Waals surface area contributed by atoms with Gasteiger partial charge in [0.2, 0.25) is 0 Å². The van der Waals surface area contributed by atoms with Crippen molar-refractivity contribution in [3.8, 4) is 5.75 Å². The van der Waals surface area contributed by atoms with Gasteiger partial charge < -0.3 is 10.5 Å². The SMILES string of the molecule is CC(=O)c1cc(N)ccc1OCc1ccc(Br)s1. The maximum absolute atomic E-state index is 11.5. The number of Topliss-reactive ketones (excluding diaryl/α,β-unsaturated/α-hetero) is 1. The predicted molar refractivity (Wildman–Crippen MR) is 77.2 cm³/mol. The van der Waals surface area contributed by atoms with Gasteiger partial charge in [0.15, 0.2) is 5.78 Å². The van der Waals surface area contributed by atoms with E-state index >= 15 is 0 Å². The fourth-order valence-corrected chi connectivity index (χ4v) is 2.92. The lowest BCUT2D eigenvalue weighted by atomic mass is 10.1. The van der Waals surface area contributed by atoms with Crippen molar-refractivity contribution >= 4 is 38.7 Å². The number of nitrogen functional groups attached to an aromatic ring is 1. The molecule has 0 bridgehead atoms. The summed E-state index contributed by atoms with van der Waals surface area (Å²) in [5.41, 5.74) is 6.74. The molecule has 94 valence electrons. The molecular weight excluding hydrogens is 314 g/mol. The lowest BCUT2D eigenvalue weighted by Crippen LogP contribution is -2.01. The number of halogens is 1. The van der Waals surface area contributed by atoms with Crippen LogP contribution in [0.3, 0.4) is 0 Å². The third-order valence-electron chi connectivity index (χ3n) is 2.38. The molecule has 0 radical (unpaired) electrons. The molecule has 18 heavy (non-hydrogen) atoms. The Labute approximate surface area is 118 Å². The predicted octanol–water partition coefficient (Wildman–Crippen LogP) is 3.87. The second-order valence-electron chi connectivity index (χ2n) is 3.81. The van der Waals surface area contributed by atoms with Crippen LogP contribution in [-0.4, -0.2) is 5.78 Å². The molecule has 2 N–H and O–H groups in total. The van der Waals surface area contributed by atoms with Crippen LogP contribution >= 0.6 is 27.3 Å². The second kappa shape index (κ2) is 5.54. The zero-order valence-electron chi connectivity index (χ0n) is 9.77. The molecular formula is C13H12BrNO2S. The summed E-state index contributed by atoms with van der Waals surface area (Å²) >= 11 is 5.00. The first kappa shape index (κ1) is 13.1. The van der Waals surface area contributed by atoms with Crippen LogP contribution in [0.5, 0.6) is 5.75 Å². The number of nitrogens with two attached hydrogens (primary N) is 1. The molecule has 0 atom stereocenters. The first-order chi connectivity index (χ1) is 8.56. The summed E-state index contributed by atoms with van der Waals surface area (Å²) < 4.78 is 6.73. The van der Waals surface area contributed by atoms with E-state index in [1.54, 1.807) is 29.5 Å². The van der Waals surface area contributed by atoms with Gasteiger partial charge in [-0.15, -0.1) is 11.3 Å². The Morgan fingerprint density at radius 2 is 2.17 bits per heavy atom. The van der Waals surface area contributed by atoms with E-state index in [-0.39, 0.29) is 5.78 Å². The van der Waals surface area contributed by atoms with Gasteiger partial charge in [0.25, 0.3) is 0 Å². The summed E-state index contributed by atoms with van der Waals surface area (Å²) in [5.74, 6) is 0.519. The van der Waals surface area contributed by atoms with Crippen LogP contribution in [0.15, 0.2) is 34.1 Å². The van der Waals surface area contributed by atoms with Crippen molar-refractivity contribution < 1.29 is 9.53 Å². The fraction of sp³-hybridized carbons (Fsp3) is 0.154. The summed E-state index contributed by atoms with van der Waals surface area (Å²) in [6.45, 7) is 1.95. The minimum atomic E-state index is -0.0512. The highest BCUT2D eigenvalue weighted by Crippen LogP contribution is 2.26. The number of anilines is 1. The lowest BCUT2D eigenvalue weighted by Gasteiger charge is -2.09. The molecule has 0 saturated heterocycles. The van der Waals surface area contributed by atoms with E-state index < -0.39 is 0 Å². The van der Waals surface area contributed by atoms with Crippen LogP contribution in [0.25, 0.3) is 0 Å². The Balaban J connectivity index is 2.16. The van der Waals surface area contributed by atoms with E-state index in [0.717, 1.165) is 8.66 Å². The Bertz CT molecular complexity index is 580. The lowest BCUT2D eigenvalue weighted by molar-refractivity contribution is 0.101. The molecule has 2 aromatic rings. The molecule has 0 aliphatic rings. The van der Waals surface area contributed by atoms with E-state index in [1.165, 1.54) is 6.92 Å². The highest BCUT2D eigenvalue weighted by molar-refractivity contribution is 9.11. The number of ether oxygens (including phenoxy) is 1. The molecule has 1 aromatic carbocycles. The molecule has 1 heterocycles. The van der Waals surface area contributed by atoms with E-state index in [9.17, 15) is 4.79 Å². The van der Waals surface area contributed by atoms with Crippen LogP contribution in [0.4, 0.5) is 5.69 Å². The zero-order valence-corrected chi connectivity index (χ0v) is 12.2. The maximum Gasteiger partial charge on any atom is 0.163 e. The van der Waals surface area contributed by atoms with E-state index in [4.69, 9.17) is 10.5 Å². The monoisotopic (exact) mass is 325 g/mol. The summed E-state index contributed by atoms with van der Waals surface area (Å²) in [5, 5.41) is 0. The largest absolute Gasteiger partial charge is 0.487 e. The number of carbonyl (C=O) groups excluding carboxylic acids is 1. The molecule has 0 aliphatic heterocycles. The molecule has 0 spiro atoms. The highest BCUT2D eigenvalue weighted by Gasteiger charge is 2.09. The van der Waals surface area contributed by atoms with E-state index in [2.05, 4.69) is 15.9 Å². The van der Waals surface area contributed by atoms with Gasteiger partial charge in [0.05, 0.1) is 9.35 Å². The number of thiophene rings is 1.